The van der Waals surface area contributed by atoms with Crippen LogP contribution in [0.5, 0.6) is 0 Å². The summed E-state index contributed by atoms with van der Waals surface area (Å²) in [6, 6.07) is 0. The van der Waals surface area contributed by atoms with Gasteiger partial charge in [-0.05, 0) is 83.1 Å². The lowest BCUT2D eigenvalue weighted by Crippen LogP contribution is -2.16. The summed E-state index contributed by atoms with van der Waals surface area (Å²) in [5.74, 6) is -0.760. The van der Waals surface area contributed by atoms with Crippen LogP contribution in [-0.2, 0) is 14.3 Å². The lowest BCUT2D eigenvalue weighted by molar-refractivity contribution is -0.147. The molecule has 0 amide bonds. The quantitative estimate of drug-likeness (QED) is 0.0394. The van der Waals surface area contributed by atoms with Crippen molar-refractivity contribution >= 4 is 11.9 Å². The van der Waals surface area contributed by atoms with E-state index in [1.165, 1.54) is 122 Å². The van der Waals surface area contributed by atoms with Crippen molar-refractivity contribution in [1.82, 2.24) is 0 Å². The second kappa shape index (κ2) is 41.3. The molecule has 0 bridgehead atoms. The molecule has 0 radical (unpaired) electrons. The van der Waals surface area contributed by atoms with Crippen molar-refractivity contribution in [2.24, 2.45) is 0 Å². The van der Waals surface area contributed by atoms with Gasteiger partial charge in [0.25, 0.3) is 0 Å². The van der Waals surface area contributed by atoms with Gasteiger partial charge in [0.05, 0.1) is 0 Å². The van der Waals surface area contributed by atoms with E-state index in [0.29, 0.717) is 6.42 Å². The summed E-state index contributed by atoms with van der Waals surface area (Å²) in [5.41, 5.74) is 0. The van der Waals surface area contributed by atoms with E-state index < -0.39 is 5.97 Å². The number of hydrogen-bond donors (Lipinski definition) is 1. The predicted molar refractivity (Wildman–Crippen MR) is 218 cm³/mol. The third-order valence-corrected chi connectivity index (χ3v) is 9.51. The summed E-state index contributed by atoms with van der Waals surface area (Å²) in [6.45, 7) is 4.50. The van der Waals surface area contributed by atoms with Crippen LogP contribution in [0.2, 0.25) is 0 Å². The highest BCUT2D eigenvalue weighted by molar-refractivity contribution is 5.69. The number of esters is 1. The molecule has 1 N–H and O–H groups in total. The number of rotatable bonds is 39. The molecule has 0 aromatic rings. The van der Waals surface area contributed by atoms with Gasteiger partial charge in [-0.3, -0.25) is 9.59 Å². The third kappa shape index (κ3) is 40.3. The molecule has 290 valence electrons. The van der Waals surface area contributed by atoms with Crippen LogP contribution in [0.3, 0.4) is 0 Å². The molecule has 0 fully saturated rings. The van der Waals surface area contributed by atoms with Crippen LogP contribution in [-0.4, -0.2) is 23.1 Å². The van der Waals surface area contributed by atoms with Gasteiger partial charge in [-0.15, -0.1) is 0 Å². The van der Waals surface area contributed by atoms with E-state index in [2.05, 4.69) is 62.5 Å². The number of ether oxygens (including phenoxy) is 1. The van der Waals surface area contributed by atoms with Crippen LogP contribution in [0.25, 0.3) is 0 Å². The molecule has 0 saturated carbocycles. The number of aliphatic carboxylic acids is 1. The Morgan fingerprint density at radius 3 is 1.34 bits per heavy atom. The number of carbonyl (C=O) groups is 2. The maximum Gasteiger partial charge on any atom is 0.306 e. The topological polar surface area (TPSA) is 63.6 Å². The van der Waals surface area contributed by atoms with Crippen molar-refractivity contribution in [3.05, 3.63) is 48.6 Å². The molecular formula is C46H82O4. The van der Waals surface area contributed by atoms with Crippen molar-refractivity contribution in [2.75, 3.05) is 0 Å². The minimum atomic E-state index is -0.703. The van der Waals surface area contributed by atoms with Gasteiger partial charge in [-0.2, -0.15) is 0 Å². The molecule has 1 atom stereocenters. The smallest absolute Gasteiger partial charge is 0.306 e. The number of carboxylic acid groups (broad SMARTS) is 1. The van der Waals surface area contributed by atoms with E-state index in [4.69, 9.17) is 9.84 Å². The molecular weight excluding hydrogens is 617 g/mol. The SMILES string of the molecule is CCCCC/C=C\C/C=C\C(CCCCCCCCC(=O)O)OC(=O)CCCCCCCCCCCCC/C=C\C/C=C\CCCCCCC. The molecule has 0 aromatic heterocycles. The van der Waals surface area contributed by atoms with Gasteiger partial charge in [0.1, 0.15) is 6.10 Å². The molecule has 4 nitrogen and oxygen atoms in total. The summed E-state index contributed by atoms with van der Waals surface area (Å²) in [7, 11) is 0. The lowest BCUT2D eigenvalue weighted by Gasteiger charge is -2.14. The molecule has 50 heavy (non-hydrogen) atoms. The van der Waals surface area contributed by atoms with Gasteiger partial charge in [0.15, 0.2) is 0 Å². The van der Waals surface area contributed by atoms with E-state index in [1.54, 1.807) is 0 Å². The zero-order valence-corrected chi connectivity index (χ0v) is 33.2. The molecule has 0 aromatic carbocycles. The number of carbonyl (C=O) groups excluding carboxylic acids is 1. The summed E-state index contributed by atoms with van der Waals surface area (Å²) in [5, 5.41) is 8.78. The normalized spacial score (nSPS) is 12.7. The monoisotopic (exact) mass is 699 g/mol. The summed E-state index contributed by atoms with van der Waals surface area (Å²) in [4.78, 5) is 23.3. The Kier molecular flexibility index (Phi) is 39.6. The second-order valence-electron chi connectivity index (χ2n) is 14.5. The first-order chi connectivity index (χ1) is 24.6. The number of carboxylic acids is 1. The summed E-state index contributed by atoms with van der Waals surface area (Å²) < 4.78 is 5.91. The van der Waals surface area contributed by atoms with E-state index in [1.807, 2.05) is 0 Å². The molecule has 0 saturated heterocycles. The Morgan fingerprint density at radius 2 is 0.840 bits per heavy atom. The van der Waals surface area contributed by atoms with Crippen molar-refractivity contribution < 1.29 is 19.4 Å². The average molecular weight is 699 g/mol. The van der Waals surface area contributed by atoms with Crippen LogP contribution in [0.1, 0.15) is 226 Å². The maximum atomic E-state index is 12.6. The van der Waals surface area contributed by atoms with Crippen LogP contribution >= 0.6 is 0 Å². The van der Waals surface area contributed by atoms with Gasteiger partial charge in [-0.25, -0.2) is 0 Å². The molecule has 0 rings (SSSR count). The van der Waals surface area contributed by atoms with Crippen molar-refractivity contribution in [3.8, 4) is 0 Å². The van der Waals surface area contributed by atoms with Gasteiger partial charge in [0, 0.05) is 12.8 Å². The van der Waals surface area contributed by atoms with Gasteiger partial charge >= 0.3 is 11.9 Å². The van der Waals surface area contributed by atoms with E-state index in [0.717, 1.165) is 77.0 Å². The highest BCUT2D eigenvalue weighted by Crippen LogP contribution is 2.16. The first-order valence-corrected chi connectivity index (χ1v) is 21.6. The molecule has 4 heteroatoms. The molecule has 0 aliphatic heterocycles. The van der Waals surface area contributed by atoms with Gasteiger partial charge in [-0.1, -0.05) is 178 Å². The molecule has 0 spiro atoms. The van der Waals surface area contributed by atoms with Crippen LogP contribution in [0.4, 0.5) is 0 Å². The van der Waals surface area contributed by atoms with Crippen LogP contribution in [0.15, 0.2) is 48.6 Å². The fourth-order valence-electron chi connectivity index (χ4n) is 6.28. The van der Waals surface area contributed by atoms with Crippen molar-refractivity contribution in [3.63, 3.8) is 0 Å². The second-order valence-corrected chi connectivity index (χ2v) is 14.5. The molecule has 1 unspecified atom stereocenters. The summed E-state index contributed by atoms with van der Waals surface area (Å²) >= 11 is 0. The minimum absolute atomic E-state index is 0.0562. The minimum Gasteiger partial charge on any atom is -0.481 e. The Bertz CT molecular complexity index is 839. The Hall–Kier alpha value is -2.10. The van der Waals surface area contributed by atoms with Crippen molar-refractivity contribution in [1.29, 1.82) is 0 Å². The molecule has 0 aliphatic carbocycles. The first-order valence-electron chi connectivity index (χ1n) is 21.6. The van der Waals surface area contributed by atoms with Crippen molar-refractivity contribution in [2.45, 2.75) is 232 Å². The lowest BCUT2D eigenvalue weighted by atomic mass is 10.0. The number of hydrogen-bond acceptors (Lipinski definition) is 3. The highest BCUT2D eigenvalue weighted by Gasteiger charge is 2.11. The molecule has 0 heterocycles. The van der Waals surface area contributed by atoms with Gasteiger partial charge in [0.2, 0.25) is 0 Å². The van der Waals surface area contributed by atoms with E-state index in [9.17, 15) is 9.59 Å². The average Bonchev–Trinajstić information content (AvgIpc) is 3.10. The van der Waals surface area contributed by atoms with E-state index >= 15 is 0 Å². The third-order valence-electron chi connectivity index (χ3n) is 9.51. The fourth-order valence-corrected chi connectivity index (χ4v) is 6.28. The predicted octanol–water partition coefficient (Wildman–Crippen LogP) is 15.1. The Labute approximate surface area is 311 Å². The zero-order chi connectivity index (χ0) is 36.4. The Morgan fingerprint density at radius 1 is 0.460 bits per heavy atom. The first kappa shape index (κ1) is 47.9. The van der Waals surface area contributed by atoms with Crippen LogP contribution < -0.4 is 0 Å². The number of allylic oxidation sites excluding steroid dienone is 7. The Balaban J connectivity index is 3.90. The fraction of sp³-hybridized carbons (Fsp3) is 0.783. The molecule has 0 aliphatic rings. The standard InChI is InChI=1S/C46H82O4/c1-3-5-7-9-11-13-14-15-16-17-18-19-20-21-22-23-24-25-26-27-29-35-39-43-46(49)50-44(40-36-32-28-12-10-8-6-4-2)41-37-33-30-31-34-38-42-45(47)48/h12,14-15,17-18,28,36,40,44H,3-11,13,16,19-27,29-35,37-39,41-43H2,1-2H3,(H,47,48)/b15-14-,18-17-,28-12-,40-36-. The number of unbranched alkanes of at least 4 members (excludes halogenated alkanes) is 24. The van der Waals surface area contributed by atoms with Crippen LogP contribution in [0, 0.1) is 0 Å². The van der Waals surface area contributed by atoms with E-state index in [-0.39, 0.29) is 18.5 Å². The largest absolute Gasteiger partial charge is 0.481 e. The maximum absolute atomic E-state index is 12.6. The summed E-state index contributed by atoms with van der Waals surface area (Å²) in [6.07, 6.45) is 55.9. The van der Waals surface area contributed by atoms with Gasteiger partial charge < -0.3 is 9.84 Å². The zero-order valence-electron chi connectivity index (χ0n) is 33.2. The highest BCUT2D eigenvalue weighted by atomic mass is 16.5.